The molecule has 1 aliphatic rings. The molecule has 33 heavy (non-hydrogen) atoms. The van der Waals surface area contributed by atoms with Crippen molar-refractivity contribution in [2.75, 3.05) is 10.6 Å². The highest BCUT2D eigenvalue weighted by atomic mass is 32.1. The average Bonchev–Trinajstić information content (AvgIpc) is 3.46. The molecule has 0 atom stereocenters. The number of hydrogen-bond donors (Lipinski definition) is 3. The predicted molar refractivity (Wildman–Crippen MR) is 133 cm³/mol. The number of carbonyl (C=O) groups excluding carboxylic acids is 1. The Hall–Kier alpha value is -2.88. The van der Waals surface area contributed by atoms with Gasteiger partial charge in [0.15, 0.2) is 0 Å². The van der Waals surface area contributed by atoms with E-state index in [1.807, 2.05) is 48.7 Å². The van der Waals surface area contributed by atoms with Gasteiger partial charge in [-0.1, -0.05) is 18.2 Å². The number of para-hydroxylation sites is 1. The van der Waals surface area contributed by atoms with Crippen LogP contribution in [0.3, 0.4) is 0 Å². The number of hydrogen-bond acceptors (Lipinski definition) is 8. The van der Waals surface area contributed by atoms with Gasteiger partial charge in [-0.25, -0.2) is 9.97 Å². The van der Waals surface area contributed by atoms with Gasteiger partial charge >= 0.3 is 0 Å². The van der Waals surface area contributed by atoms with E-state index in [1.54, 1.807) is 17.4 Å². The fourth-order valence-corrected chi connectivity index (χ4v) is 5.53. The Labute approximate surface area is 200 Å². The summed E-state index contributed by atoms with van der Waals surface area (Å²) in [5.41, 5.74) is 1.48. The Kier molecular flexibility index (Phi) is 6.09. The van der Waals surface area contributed by atoms with Crippen molar-refractivity contribution in [1.29, 1.82) is 0 Å². The second kappa shape index (κ2) is 9.17. The molecule has 1 saturated carbocycles. The summed E-state index contributed by atoms with van der Waals surface area (Å²) in [5.74, 6) is 1.32. The average molecular weight is 480 g/mol. The van der Waals surface area contributed by atoms with Crippen molar-refractivity contribution < 1.29 is 9.90 Å². The molecule has 170 valence electrons. The Morgan fingerprint density at radius 3 is 2.76 bits per heavy atom. The normalized spacial score (nSPS) is 20.6. The number of nitrogens with one attached hydrogen (secondary N) is 2. The number of carbonyl (C=O) groups is 1. The molecule has 9 heteroatoms. The Morgan fingerprint density at radius 2 is 1.97 bits per heavy atom. The molecule has 0 aliphatic heterocycles. The SMILES string of the molecule is CC1(O)CCC(Nc2nc(Cc3cc(C(=O)Nc4ccccc4)ns3)nc3ccsc23)CC1. The summed E-state index contributed by atoms with van der Waals surface area (Å²) >= 11 is 2.92. The molecule has 0 spiro atoms. The zero-order chi connectivity index (χ0) is 22.8. The molecule has 4 aromatic rings. The van der Waals surface area contributed by atoms with Crippen LogP contribution in [0.4, 0.5) is 11.5 Å². The molecule has 0 unspecified atom stereocenters. The van der Waals surface area contributed by atoms with Crippen LogP contribution in [0.25, 0.3) is 10.2 Å². The highest BCUT2D eigenvalue weighted by molar-refractivity contribution is 7.17. The van der Waals surface area contributed by atoms with Crippen LogP contribution in [0, 0.1) is 0 Å². The molecule has 3 N–H and O–H groups in total. The largest absolute Gasteiger partial charge is 0.390 e. The molecule has 0 bridgehead atoms. The molecule has 1 fully saturated rings. The van der Waals surface area contributed by atoms with Crippen LogP contribution < -0.4 is 10.6 Å². The van der Waals surface area contributed by atoms with Crippen molar-refractivity contribution in [2.24, 2.45) is 0 Å². The van der Waals surface area contributed by atoms with E-state index in [-0.39, 0.29) is 11.9 Å². The van der Waals surface area contributed by atoms with Crippen molar-refractivity contribution >= 4 is 50.5 Å². The van der Waals surface area contributed by atoms with Gasteiger partial charge in [0.1, 0.15) is 17.3 Å². The van der Waals surface area contributed by atoms with Crippen LogP contribution >= 0.6 is 22.9 Å². The van der Waals surface area contributed by atoms with E-state index in [0.717, 1.165) is 52.3 Å². The number of thiophene rings is 1. The Balaban J connectivity index is 1.31. The number of nitrogens with zero attached hydrogens (tertiary/aromatic N) is 3. The van der Waals surface area contributed by atoms with Crippen molar-refractivity contribution in [2.45, 2.75) is 50.7 Å². The lowest BCUT2D eigenvalue weighted by Crippen LogP contribution is -2.36. The van der Waals surface area contributed by atoms with Crippen LogP contribution in [-0.2, 0) is 6.42 Å². The summed E-state index contributed by atoms with van der Waals surface area (Å²) in [6.45, 7) is 1.91. The minimum Gasteiger partial charge on any atom is -0.390 e. The summed E-state index contributed by atoms with van der Waals surface area (Å²) < 4.78 is 5.37. The number of aromatic nitrogens is 3. The van der Waals surface area contributed by atoms with Gasteiger partial charge in [0.25, 0.3) is 5.91 Å². The lowest BCUT2D eigenvalue weighted by molar-refractivity contribution is 0.0196. The third kappa shape index (κ3) is 5.21. The van der Waals surface area contributed by atoms with E-state index >= 15 is 0 Å². The predicted octanol–water partition coefficient (Wildman–Crippen LogP) is 5.10. The standard InChI is InChI=1S/C24H25N5O2S2/c1-24(31)10-7-16(8-11-24)25-22-21-18(9-12-32-21)27-20(28-22)14-17-13-19(29-33-17)23(30)26-15-5-3-2-4-6-15/h2-6,9,12-13,16,31H,7-8,10-11,14H2,1H3,(H,26,30)(H,25,27,28). The molecule has 5 rings (SSSR count). The fraction of sp³-hybridized carbons (Fsp3) is 0.333. The molecule has 0 saturated heterocycles. The summed E-state index contributed by atoms with van der Waals surface area (Å²) in [7, 11) is 0. The van der Waals surface area contributed by atoms with Gasteiger partial charge in [0.2, 0.25) is 0 Å². The van der Waals surface area contributed by atoms with E-state index in [4.69, 9.17) is 9.97 Å². The number of anilines is 2. The van der Waals surface area contributed by atoms with Gasteiger partial charge in [-0.05, 0) is 73.8 Å². The van der Waals surface area contributed by atoms with Crippen molar-refractivity contribution in [3.05, 3.63) is 64.2 Å². The van der Waals surface area contributed by atoms with Crippen molar-refractivity contribution in [3.8, 4) is 0 Å². The lowest BCUT2D eigenvalue weighted by Gasteiger charge is -2.33. The monoisotopic (exact) mass is 479 g/mol. The second-order valence-electron chi connectivity index (χ2n) is 8.71. The highest BCUT2D eigenvalue weighted by Crippen LogP contribution is 2.32. The summed E-state index contributed by atoms with van der Waals surface area (Å²) in [6, 6.07) is 13.4. The fourth-order valence-electron chi connectivity index (χ4n) is 4.04. The summed E-state index contributed by atoms with van der Waals surface area (Å²) in [6.07, 6.45) is 3.90. The van der Waals surface area contributed by atoms with Gasteiger partial charge in [0.05, 0.1) is 15.8 Å². The first-order valence-corrected chi connectivity index (χ1v) is 12.7. The maximum absolute atomic E-state index is 12.5. The van der Waals surface area contributed by atoms with Crippen LogP contribution in [-0.4, -0.2) is 37.0 Å². The maximum atomic E-state index is 12.5. The van der Waals surface area contributed by atoms with Gasteiger partial charge in [0, 0.05) is 23.0 Å². The van der Waals surface area contributed by atoms with Crippen molar-refractivity contribution in [3.63, 3.8) is 0 Å². The number of rotatable bonds is 6. The molecular weight excluding hydrogens is 454 g/mol. The number of benzene rings is 1. The van der Waals surface area contributed by atoms with Crippen LogP contribution in [0.15, 0.2) is 47.8 Å². The molecule has 1 amide bonds. The van der Waals surface area contributed by atoms with Crippen LogP contribution in [0.1, 0.15) is 53.8 Å². The first-order valence-electron chi connectivity index (χ1n) is 11.0. The van der Waals surface area contributed by atoms with Crippen LogP contribution in [0.2, 0.25) is 0 Å². The molecule has 1 aliphatic carbocycles. The number of amides is 1. The molecule has 7 nitrogen and oxygen atoms in total. The summed E-state index contributed by atoms with van der Waals surface area (Å²) in [5, 5.41) is 18.7. The maximum Gasteiger partial charge on any atom is 0.275 e. The first kappa shape index (κ1) is 21.9. The highest BCUT2D eigenvalue weighted by Gasteiger charge is 2.29. The Morgan fingerprint density at radius 1 is 1.18 bits per heavy atom. The molecule has 3 aromatic heterocycles. The van der Waals surface area contributed by atoms with Gasteiger partial charge < -0.3 is 15.7 Å². The summed E-state index contributed by atoms with van der Waals surface area (Å²) in [4.78, 5) is 23.0. The lowest BCUT2D eigenvalue weighted by atomic mass is 9.84. The minimum absolute atomic E-state index is 0.228. The zero-order valence-electron chi connectivity index (χ0n) is 18.2. The van der Waals surface area contributed by atoms with Crippen LogP contribution in [0.5, 0.6) is 0 Å². The first-order chi connectivity index (χ1) is 15.9. The van der Waals surface area contributed by atoms with E-state index < -0.39 is 5.60 Å². The van der Waals surface area contributed by atoms with Crippen molar-refractivity contribution in [1.82, 2.24) is 14.3 Å². The van der Waals surface area contributed by atoms with E-state index in [9.17, 15) is 9.90 Å². The van der Waals surface area contributed by atoms with E-state index in [1.165, 1.54) is 11.5 Å². The van der Waals surface area contributed by atoms with E-state index in [0.29, 0.717) is 17.9 Å². The zero-order valence-corrected chi connectivity index (χ0v) is 19.9. The minimum atomic E-state index is -0.566. The van der Waals surface area contributed by atoms with E-state index in [2.05, 4.69) is 15.0 Å². The van der Waals surface area contributed by atoms with Gasteiger partial charge in [-0.2, -0.15) is 4.37 Å². The molecule has 3 heterocycles. The molecule has 1 aromatic carbocycles. The molecular formula is C24H25N5O2S2. The smallest absolute Gasteiger partial charge is 0.275 e. The number of aliphatic hydroxyl groups is 1. The third-order valence-corrected chi connectivity index (χ3v) is 7.60. The van der Waals surface area contributed by atoms with Gasteiger partial charge in [-0.3, -0.25) is 4.79 Å². The third-order valence-electron chi connectivity index (χ3n) is 5.91. The molecule has 0 radical (unpaired) electrons. The second-order valence-corrected chi connectivity index (χ2v) is 10.5. The topological polar surface area (TPSA) is 100 Å². The van der Waals surface area contributed by atoms with Gasteiger partial charge in [-0.15, -0.1) is 11.3 Å². The Bertz CT molecular complexity index is 1260. The number of fused-ring (bicyclic) bond motifs is 1. The quantitative estimate of drug-likeness (QED) is 0.356.